The summed E-state index contributed by atoms with van der Waals surface area (Å²) in [7, 11) is 0. The van der Waals surface area contributed by atoms with Crippen LogP contribution in [0, 0.1) is 5.41 Å². The molecule has 1 N–H and O–H groups in total. The molecule has 29 heavy (non-hydrogen) atoms. The van der Waals surface area contributed by atoms with Gasteiger partial charge in [0.05, 0.1) is 18.4 Å². The minimum absolute atomic E-state index is 0.000116. The number of benzene rings is 1. The zero-order valence-electron chi connectivity index (χ0n) is 17.1. The molecule has 1 aromatic carbocycles. The molecule has 2 aromatic rings. The number of piperidine rings is 1. The lowest BCUT2D eigenvalue weighted by atomic mass is 9.72. The van der Waals surface area contributed by atoms with Crippen LogP contribution in [0.5, 0.6) is 0 Å². The third-order valence-electron chi connectivity index (χ3n) is 5.87. The smallest absolute Gasteiger partial charge is 0.408 e. The van der Waals surface area contributed by atoms with Gasteiger partial charge in [-0.2, -0.15) is 0 Å². The molecule has 0 radical (unpaired) electrons. The minimum Gasteiger partial charge on any atom is -0.444 e. The highest BCUT2D eigenvalue weighted by atomic mass is 79.9. The normalized spacial score (nSPS) is 20.4. The maximum Gasteiger partial charge on any atom is 0.408 e. The Bertz CT molecular complexity index is 886. The number of nitrogens with one attached hydrogen (secondary N) is 1. The first-order chi connectivity index (χ1) is 13.8. The van der Waals surface area contributed by atoms with Gasteiger partial charge in [-0.05, 0) is 67.1 Å². The summed E-state index contributed by atoms with van der Waals surface area (Å²) in [5, 5.41) is 3.20. The molecule has 1 amide bonds. The third kappa shape index (κ3) is 4.25. The standard InChI is InChI=1S/C22H27BrN4O2/c1-21(2,3)29-20(28)26-19-16-7-5-4-6-15(16)12-22(19)8-10-27(11-9-22)18-14-24-17(23)13-25-18/h4-7,13-14,19H,8-12H2,1-3H3,(H,26,28)/t19-/m1/s1. The summed E-state index contributed by atoms with van der Waals surface area (Å²) >= 11 is 3.34. The van der Waals surface area contributed by atoms with Crippen LogP contribution in [0.4, 0.5) is 10.6 Å². The summed E-state index contributed by atoms with van der Waals surface area (Å²) in [5.41, 5.74) is 2.03. The number of carbonyl (C=O) groups is 1. The van der Waals surface area contributed by atoms with Crippen molar-refractivity contribution in [2.24, 2.45) is 5.41 Å². The van der Waals surface area contributed by atoms with Crippen LogP contribution in [-0.2, 0) is 11.2 Å². The van der Waals surface area contributed by atoms with Gasteiger partial charge in [-0.1, -0.05) is 24.3 Å². The molecule has 1 saturated heterocycles. The Kier molecular flexibility index (Phi) is 5.27. The second kappa shape index (κ2) is 7.59. The average molecular weight is 459 g/mol. The minimum atomic E-state index is -0.515. The Morgan fingerprint density at radius 1 is 1.21 bits per heavy atom. The largest absolute Gasteiger partial charge is 0.444 e. The number of nitrogens with zero attached hydrogens (tertiary/aromatic N) is 3. The number of amides is 1. The maximum atomic E-state index is 12.6. The molecular formula is C22H27BrN4O2. The molecule has 1 spiro atoms. The molecule has 0 bridgehead atoms. The molecule has 7 heteroatoms. The monoisotopic (exact) mass is 458 g/mol. The fraction of sp³-hybridized carbons (Fsp3) is 0.500. The van der Waals surface area contributed by atoms with Gasteiger partial charge < -0.3 is 15.0 Å². The fourth-order valence-electron chi connectivity index (χ4n) is 4.56. The van der Waals surface area contributed by atoms with Crippen LogP contribution in [0.2, 0.25) is 0 Å². The molecule has 0 unspecified atom stereocenters. The van der Waals surface area contributed by atoms with E-state index in [0.29, 0.717) is 0 Å². The number of hydrogen-bond acceptors (Lipinski definition) is 5. The van der Waals surface area contributed by atoms with E-state index in [4.69, 9.17) is 4.74 Å². The van der Waals surface area contributed by atoms with Crippen LogP contribution in [0.3, 0.4) is 0 Å². The SMILES string of the molecule is CC(C)(C)OC(=O)N[C@@H]1c2ccccc2CC12CCN(c1cnc(Br)cn1)CC2. The molecule has 1 atom stereocenters. The molecule has 6 nitrogen and oxygen atoms in total. The van der Waals surface area contributed by atoms with Gasteiger partial charge in [-0.15, -0.1) is 0 Å². The predicted molar refractivity (Wildman–Crippen MR) is 116 cm³/mol. The number of anilines is 1. The number of hydrogen-bond donors (Lipinski definition) is 1. The van der Waals surface area contributed by atoms with Crippen molar-refractivity contribution < 1.29 is 9.53 Å². The van der Waals surface area contributed by atoms with E-state index in [-0.39, 0.29) is 17.6 Å². The quantitative estimate of drug-likeness (QED) is 0.709. The van der Waals surface area contributed by atoms with E-state index >= 15 is 0 Å². The maximum absolute atomic E-state index is 12.6. The molecule has 2 heterocycles. The Labute approximate surface area is 180 Å². The second-order valence-electron chi connectivity index (χ2n) is 9.00. The zero-order valence-corrected chi connectivity index (χ0v) is 18.7. The van der Waals surface area contributed by atoms with Crippen molar-refractivity contribution in [3.63, 3.8) is 0 Å². The summed E-state index contributed by atoms with van der Waals surface area (Å²) in [6.07, 6.45) is 6.11. The second-order valence-corrected chi connectivity index (χ2v) is 9.81. The van der Waals surface area contributed by atoms with Crippen molar-refractivity contribution in [3.05, 3.63) is 52.4 Å². The first kappa shape index (κ1) is 20.1. The highest BCUT2D eigenvalue weighted by Gasteiger charge is 2.48. The number of aromatic nitrogens is 2. The van der Waals surface area contributed by atoms with Gasteiger partial charge in [0.15, 0.2) is 0 Å². The van der Waals surface area contributed by atoms with E-state index in [1.165, 1.54) is 11.1 Å². The molecule has 1 aromatic heterocycles. The molecule has 1 fully saturated rings. The van der Waals surface area contributed by atoms with Crippen molar-refractivity contribution in [2.75, 3.05) is 18.0 Å². The highest BCUT2D eigenvalue weighted by Crippen LogP contribution is 2.52. The van der Waals surface area contributed by atoms with Gasteiger partial charge in [0.25, 0.3) is 0 Å². The molecular weight excluding hydrogens is 432 g/mol. The van der Waals surface area contributed by atoms with E-state index in [2.05, 4.69) is 54.3 Å². The van der Waals surface area contributed by atoms with Crippen molar-refractivity contribution >= 4 is 27.8 Å². The first-order valence-corrected chi connectivity index (χ1v) is 10.8. The number of alkyl carbamates (subject to hydrolysis) is 1. The van der Waals surface area contributed by atoms with Crippen molar-refractivity contribution in [2.45, 2.75) is 51.7 Å². The molecule has 154 valence electrons. The van der Waals surface area contributed by atoms with Crippen LogP contribution >= 0.6 is 15.9 Å². The van der Waals surface area contributed by atoms with Crippen molar-refractivity contribution in [3.8, 4) is 0 Å². The number of rotatable bonds is 2. The van der Waals surface area contributed by atoms with E-state index in [1.54, 1.807) is 6.20 Å². The van der Waals surface area contributed by atoms with Gasteiger partial charge in [-0.25, -0.2) is 14.8 Å². The van der Waals surface area contributed by atoms with Crippen LogP contribution in [-0.4, -0.2) is 34.8 Å². The van der Waals surface area contributed by atoms with Gasteiger partial charge >= 0.3 is 6.09 Å². The summed E-state index contributed by atoms with van der Waals surface area (Å²) < 4.78 is 6.31. The average Bonchev–Trinajstić information content (AvgIpc) is 2.95. The van der Waals surface area contributed by atoms with Crippen LogP contribution in [0.15, 0.2) is 41.3 Å². The van der Waals surface area contributed by atoms with E-state index in [9.17, 15) is 4.79 Å². The highest BCUT2D eigenvalue weighted by molar-refractivity contribution is 9.10. The summed E-state index contributed by atoms with van der Waals surface area (Å²) in [6, 6.07) is 8.41. The predicted octanol–water partition coefficient (Wildman–Crippen LogP) is 4.65. The Hall–Kier alpha value is -2.15. The number of carbonyl (C=O) groups excluding carboxylic acids is 1. The summed E-state index contributed by atoms with van der Waals surface area (Å²) in [4.78, 5) is 23.7. The molecule has 1 aliphatic carbocycles. The molecule has 2 aliphatic rings. The Morgan fingerprint density at radius 2 is 1.93 bits per heavy atom. The van der Waals surface area contributed by atoms with Crippen molar-refractivity contribution in [1.82, 2.24) is 15.3 Å². The summed E-state index contributed by atoms with van der Waals surface area (Å²) in [6.45, 7) is 7.45. The van der Waals surface area contributed by atoms with E-state index in [1.807, 2.05) is 33.0 Å². The topological polar surface area (TPSA) is 67.3 Å². The van der Waals surface area contributed by atoms with Gasteiger partial charge in [-0.3, -0.25) is 0 Å². The van der Waals surface area contributed by atoms with Gasteiger partial charge in [0.1, 0.15) is 16.0 Å². The van der Waals surface area contributed by atoms with Crippen LogP contribution in [0.1, 0.15) is 50.8 Å². The lowest BCUT2D eigenvalue weighted by molar-refractivity contribution is 0.0428. The number of halogens is 1. The van der Waals surface area contributed by atoms with Crippen molar-refractivity contribution in [1.29, 1.82) is 0 Å². The molecule has 4 rings (SSSR count). The lowest BCUT2D eigenvalue weighted by Crippen LogP contribution is -2.47. The number of ether oxygens (including phenoxy) is 1. The Morgan fingerprint density at radius 3 is 2.59 bits per heavy atom. The van der Waals surface area contributed by atoms with Gasteiger partial charge in [0, 0.05) is 18.5 Å². The van der Waals surface area contributed by atoms with Crippen LogP contribution < -0.4 is 10.2 Å². The van der Waals surface area contributed by atoms with Gasteiger partial charge in [0.2, 0.25) is 0 Å². The summed E-state index contributed by atoms with van der Waals surface area (Å²) in [5.74, 6) is 0.898. The Balaban J connectivity index is 1.54. The molecule has 0 saturated carbocycles. The third-order valence-corrected chi connectivity index (χ3v) is 6.28. The van der Waals surface area contributed by atoms with E-state index in [0.717, 1.165) is 42.8 Å². The fourth-order valence-corrected chi connectivity index (χ4v) is 4.76. The number of fused-ring (bicyclic) bond motifs is 1. The zero-order chi connectivity index (χ0) is 20.6. The van der Waals surface area contributed by atoms with Crippen LogP contribution in [0.25, 0.3) is 0 Å². The first-order valence-electron chi connectivity index (χ1n) is 10.1. The lowest BCUT2D eigenvalue weighted by Gasteiger charge is -2.43. The molecule has 1 aliphatic heterocycles. The van der Waals surface area contributed by atoms with E-state index < -0.39 is 5.60 Å².